The molecule has 1 amide bonds. The quantitative estimate of drug-likeness (QED) is 0.611. The molecule has 0 saturated carbocycles. The highest BCUT2D eigenvalue weighted by atomic mass is 19.4. The normalized spacial score (nSPS) is 16.8. The van der Waals surface area contributed by atoms with Gasteiger partial charge in [0.15, 0.2) is 5.82 Å². The summed E-state index contributed by atoms with van der Waals surface area (Å²) in [6, 6.07) is 5.47. The molecule has 1 atom stereocenters. The number of ether oxygens (including phenoxy) is 1. The Hall–Kier alpha value is -3.38. The van der Waals surface area contributed by atoms with E-state index in [0.717, 1.165) is 17.1 Å². The average molecular weight is 436 g/mol. The summed E-state index contributed by atoms with van der Waals surface area (Å²) in [5.74, 6) is -2.61. The number of aromatic nitrogens is 4. The molecule has 3 heterocycles. The van der Waals surface area contributed by atoms with Crippen molar-refractivity contribution in [3.8, 4) is 5.82 Å². The summed E-state index contributed by atoms with van der Waals surface area (Å²) in [4.78, 5) is 19.0. The van der Waals surface area contributed by atoms with Crippen molar-refractivity contribution in [1.82, 2.24) is 25.1 Å². The van der Waals surface area contributed by atoms with Crippen LogP contribution in [0.15, 0.2) is 42.9 Å². The summed E-state index contributed by atoms with van der Waals surface area (Å²) in [6.45, 7) is 1.66. The third kappa shape index (κ3) is 4.70. The Morgan fingerprint density at radius 3 is 2.84 bits per heavy atom. The molecule has 1 saturated heterocycles. The number of morpholine rings is 1. The third-order valence-corrected chi connectivity index (χ3v) is 4.51. The fourth-order valence-corrected chi connectivity index (χ4v) is 3.01. The van der Waals surface area contributed by atoms with Crippen LogP contribution in [0.1, 0.15) is 27.8 Å². The Kier molecular flexibility index (Phi) is 5.65. The monoisotopic (exact) mass is 436 g/mol. The van der Waals surface area contributed by atoms with Crippen LogP contribution >= 0.6 is 0 Å². The molecular weight excluding hydrogens is 420 g/mol. The van der Waals surface area contributed by atoms with Crippen LogP contribution in [-0.2, 0) is 10.9 Å². The molecule has 4 rings (SSSR count). The molecule has 12 heteroatoms. The second-order valence-corrected chi connectivity index (χ2v) is 6.66. The standard InChI is InChI=1S/C19H16F4N6O2/c20-14-7-12(1-2-13(14)15-9-24-5-6-31-15)27-17(30)11-8-26-29(10-11)16-3-4-25-18(28-16)19(21,22)23/h1-4,7-8,10,15,24H,5-6,9H2,(H,27,30). The van der Waals surface area contributed by atoms with Gasteiger partial charge in [0.1, 0.15) is 5.82 Å². The summed E-state index contributed by atoms with van der Waals surface area (Å²) < 4.78 is 59.3. The predicted molar refractivity (Wildman–Crippen MR) is 100 cm³/mol. The highest BCUT2D eigenvalue weighted by Gasteiger charge is 2.34. The van der Waals surface area contributed by atoms with E-state index in [1.165, 1.54) is 24.4 Å². The smallest absolute Gasteiger partial charge is 0.371 e. The van der Waals surface area contributed by atoms with E-state index in [9.17, 15) is 22.4 Å². The molecule has 0 aliphatic carbocycles. The van der Waals surface area contributed by atoms with Crippen LogP contribution in [0.5, 0.6) is 0 Å². The first-order chi connectivity index (χ1) is 14.8. The fraction of sp³-hybridized carbons (Fsp3) is 0.263. The Balaban J connectivity index is 1.48. The number of alkyl halides is 3. The molecule has 0 bridgehead atoms. The largest absolute Gasteiger partial charge is 0.451 e. The van der Waals surface area contributed by atoms with Gasteiger partial charge in [-0.25, -0.2) is 19.0 Å². The summed E-state index contributed by atoms with van der Waals surface area (Å²) >= 11 is 0. The summed E-state index contributed by atoms with van der Waals surface area (Å²) in [5, 5.41) is 9.51. The van der Waals surface area contributed by atoms with Crippen molar-refractivity contribution in [3.63, 3.8) is 0 Å². The first kappa shape index (κ1) is 20.9. The van der Waals surface area contributed by atoms with Crippen LogP contribution in [0.2, 0.25) is 0 Å². The molecular formula is C19H16F4N6O2. The van der Waals surface area contributed by atoms with E-state index in [4.69, 9.17) is 4.74 Å². The molecule has 3 aromatic rings. The van der Waals surface area contributed by atoms with E-state index in [2.05, 4.69) is 25.7 Å². The minimum Gasteiger partial charge on any atom is -0.371 e. The lowest BCUT2D eigenvalue weighted by molar-refractivity contribution is -0.145. The topological polar surface area (TPSA) is 94.0 Å². The highest BCUT2D eigenvalue weighted by Crippen LogP contribution is 2.26. The summed E-state index contributed by atoms with van der Waals surface area (Å²) in [6.07, 6.45) is -1.80. The maximum atomic E-state index is 14.5. The Morgan fingerprint density at radius 1 is 1.29 bits per heavy atom. The van der Waals surface area contributed by atoms with Gasteiger partial charge in [-0.05, 0) is 12.1 Å². The maximum absolute atomic E-state index is 14.5. The second kappa shape index (κ2) is 8.40. The highest BCUT2D eigenvalue weighted by molar-refractivity contribution is 6.04. The minimum atomic E-state index is -4.71. The zero-order valence-corrected chi connectivity index (χ0v) is 15.9. The lowest BCUT2D eigenvalue weighted by Crippen LogP contribution is -2.33. The molecule has 1 aliphatic rings. The Bertz CT molecular complexity index is 1090. The number of amides is 1. The van der Waals surface area contributed by atoms with E-state index in [1.54, 1.807) is 6.07 Å². The second-order valence-electron chi connectivity index (χ2n) is 6.66. The van der Waals surface area contributed by atoms with Crippen LogP contribution in [0, 0.1) is 5.82 Å². The average Bonchev–Trinajstić information content (AvgIpc) is 3.25. The lowest BCUT2D eigenvalue weighted by Gasteiger charge is -2.24. The van der Waals surface area contributed by atoms with Gasteiger partial charge < -0.3 is 15.4 Å². The number of carbonyl (C=O) groups excluding carboxylic acids is 1. The molecule has 2 N–H and O–H groups in total. The number of nitrogens with zero attached hydrogens (tertiary/aromatic N) is 4. The molecule has 1 unspecified atom stereocenters. The van der Waals surface area contributed by atoms with Crippen molar-refractivity contribution in [2.45, 2.75) is 12.3 Å². The van der Waals surface area contributed by atoms with Crippen molar-refractivity contribution in [1.29, 1.82) is 0 Å². The van der Waals surface area contributed by atoms with Gasteiger partial charge in [0.05, 0.1) is 24.5 Å². The molecule has 1 aromatic carbocycles. The third-order valence-electron chi connectivity index (χ3n) is 4.51. The number of carbonyl (C=O) groups is 1. The number of rotatable bonds is 4. The summed E-state index contributed by atoms with van der Waals surface area (Å²) in [7, 11) is 0. The van der Waals surface area contributed by atoms with Gasteiger partial charge in [0, 0.05) is 42.8 Å². The van der Waals surface area contributed by atoms with Crippen LogP contribution < -0.4 is 10.6 Å². The van der Waals surface area contributed by atoms with Gasteiger partial charge in [-0.1, -0.05) is 6.07 Å². The Labute approximate surface area is 173 Å². The molecule has 31 heavy (non-hydrogen) atoms. The van der Waals surface area contributed by atoms with E-state index in [1.807, 2.05) is 0 Å². The van der Waals surface area contributed by atoms with E-state index in [-0.39, 0.29) is 17.1 Å². The molecule has 1 aliphatic heterocycles. The number of halogens is 4. The number of hydrogen-bond acceptors (Lipinski definition) is 6. The van der Waals surface area contributed by atoms with Crippen molar-refractivity contribution in [3.05, 3.63) is 65.6 Å². The van der Waals surface area contributed by atoms with Crippen LogP contribution in [0.25, 0.3) is 5.82 Å². The van der Waals surface area contributed by atoms with Gasteiger partial charge in [-0.15, -0.1) is 0 Å². The van der Waals surface area contributed by atoms with Crippen LogP contribution in [0.3, 0.4) is 0 Å². The molecule has 1 fully saturated rings. The molecule has 8 nitrogen and oxygen atoms in total. The molecule has 162 valence electrons. The number of hydrogen-bond donors (Lipinski definition) is 2. The van der Waals surface area contributed by atoms with Crippen molar-refractivity contribution in [2.24, 2.45) is 0 Å². The number of anilines is 1. The first-order valence-electron chi connectivity index (χ1n) is 9.19. The minimum absolute atomic E-state index is 0.0523. The van der Waals surface area contributed by atoms with Crippen molar-refractivity contribution in [2.75, 3.05) is 25.0 Å². The lowest BCUT2D eigenvalue weighted by atomic mass is 10.1. The molecule has 2 aromatic heterocycles. The van der Waals surface area contributed by atoms with Crippen molar-refractivity contribution >= 4 is 11.6 Å². The number of nitrogens with one attached hydrogen (secondary N) is 2. The Morgan fingerprint density at radius 2 is 2.13 bits per heavy atom. The zero-order chi connectivity index (χ0) is 22.0. The SMILES string of the molecule is O=C(Nc1ccc(C2CNCCO2)c(F)c1)c1cnn(-c2ccnc(C(F)(F)F)n2)c1. The summed E-state index contributed by atoms with van der Waals surface area (Å²) in [5.41, 5.74) is 0.642. The van der Waals surface area contributed by atoms with Gasteiger partial charge in [-0.2, -0.15) is 18.3 Å². The van der Waals surface area contributed by atoms with Gasteiger partial charge in [0.25, 0.3) is 5.91 Å². The van der Waals surface area contributed by atoms with Crippen LogP contribution in [0.4, 0.5) is 23.2 Å². The molecule has 0 spiro atoms. The van der Waals surface area contributed by atoms with E-state index >= 15 is 0 Å². The van der Waals surface area contributed by atoms with E-state index < -0.39 is 29.8 Å². The zero-order valence-electron chi connectivity index (χ0n) is 15.9. The van der Waals surface area contributed by atoms with Crippen molar-refractivity contribution < 1.29 is 27.1 Å². The predicted octanol–water partition coefficient (Wildman–Crippen LogP) is 2.73. The molecule has 0 radical (unpaired) electrons. The first-order valence-corrected chi connectivity index (χ1v) is 9.19. The van der Waals surface area contributed by atoms with Gasteiger partial charge >= 0.3 is 6.18 Å². The van der Waals surface area contributed by atoms with E-state index in [0.29, 0.717) is 25.3 Å². The maximum Gasteiger partial charge on any atom is 0.451 e. The number of benzene rings is 1. The van der Waals surface area contributed by atoms with Gasteiger partial charge in [0.2, 0.25) is 5.82 Å². The van der Waals surface area contributed by atoms with Gasteiger partial charge in [-0.3, -0.25) is 4.79 Å². The van der Waals surface area contributed by atoms with Crippen LogP contribution in [-0.4, -0.2) is 45.4 Å². The fourth-order valence-electron chi connectivity index (χ4n) is 3.01.